The molecule has 0 unspecified atom stereocenters. The molecular weight excluding hydrogens is 222 g/mol. The van der Waals surface area contributed by atoms with Crippen LogP contribution in [-0.2, 0) is 9.59 Å². The molecule has 0 aromatic heterocycles. The van der Waals surface area contributed by atoms with Crippen LogP contribution in [-0.4, -0.2) is 46.2 Å². The van der Waals surface area contributed by atoms with Crippen LogP contribution in [0.25, 0.3) is 0 Å². The molecule has 0 aromatic carbocycles. The first-order valence-electron chi connectivity index (χ1n) is 5.98. The second kappa shape index (κ2) is 5.49. The van der Waals surface area contributed by atoms with Crippen molar-refractivity contribution in [2.24, 2.45) is 5.41 Å². The van der Waals surface area contributed by atoms with E-state index in [1.54, 1.807) is 18.7 Å². The third-order valence-corrected chi connectivity index (χ3v) is 3.17. The summed E-state index contributed by atoms with van der Waals surface area (Å²) in [4.78, 5) is 24.4. The largest absolute Gasteiger partial charge is 0.481 e. The minimum atomic E-state index is -0.886. The van der Waals surface area contributed by atoms with Gasteiger partial charge in [-0.1, -0.05) is 13.8 Å². The Kier molecular flexibility index (Phi) is 4.51. The number of carboxylic acids is 1. The van der Waals surface area contributed by atoms with Crippen molar-refractivity contribution >= 4 is 11.9 Å². The first kappa shape index (κ1) is 14.0. The third-order valence-electron chi connectivity index (χ3n) is 3.17. The van der Waals surface area contributed by atoms with Gasteiger partial charge in [-0.05, 0) is 18.3 Å². The molecule has 1 rings (SSSR count). The number of carboxylic acid groups (broad SMARTS) is 1. The highest BCUT2D eigenvalue weighted by Gasteiger charge is 2.32. The molecular formula is C12H21NO4. The third kappa shape index (κ3) is 4.00. The summed E-state index contributed by atoms with van der Waals surface area (Å²) in [7, 11) is 0. The molecule has 1 saturated heterocycles. The molecule has 98 valence electrons. The number of amides is 1. The lowest BCUT2D eigenvalue weighted by Gasteiger charge is -2.28. The Balaban J connectivity index is 2.56. The molecule has 0 aliphatic carbocycles. The Hall–Kier alpha value is -1.10. The summed E-state index contributed by atoms with van der Waals surface area (Å²) in [6, 6.07) is -0.0804. The van der Waals surface area contributed by atoms with E-state index in [9.17, 15) is 9.59 Å². The summed E-state index contributed by atoms with van der Waals surface area (Å²) in [6.45, 7) is 4.23. The standard InChI is InChI=1S/C12H21NO4/c1-12(2,7-11(16)17)6-10(15)13-5-3-4-9(13)8-14/h9,14H,3-8H2,1-2H3,(H,16,17)/t9-/m1/s1. The maximum atomic E-state index is 12.0. The van der Waals surface area contributed by atoms with Crippen LogP contribution in [0.4, 0.5) is 0 Å². The fourth-order valence-electron chi connectivity index (χ4n) is 2.34. The lowest BCUT2D eigenvalue weighted by atomic mass is 9.85. The molecule has 17 heavy (non-hydrogen) atoms. The molecule has 1 aliphatic heterocycles. The number of aliphatic carboxylic acids is 1. The van der Waals surface area contributed by atoms with Gasteiger partial charge in [0.25, 0.3) is 0 Å². The molecule has 0 spiro atoms. The summed E-state index contributed by atoms with van der Waals surface area (Å²) in [5.41, 5.74) is -0.536. The summed E-state index contributed by atoms with van der Waals surface area (Å²) in [5, 5.41) is 17.9. The van der Waals surface area contributed by atoms with Crippen LogP contribution >= 0.6 is 0 Å². The van der Waals surface area contributed by atoms with Crippen LogP contribution in [0.5, 0.6) is 0 Å². The number of carbonyl (C=O) groups excluding carboxylic acids is 1. The zero-order valence-corrected chi connectivity index (χ0v) is 10.5. The van der Waals surface area contributed by atoms with E-state index < -0.39 is 11.4 Å². The summed E-state index contributed by atoms with van der Waals surface area (Å²) in [6.07, 6.45) is 1.95. The van der Waals surface area contributed by atoms with Crippen LogP contribution in [0, 0.1) is 5.41 Å². The van der Waals surface area contributed by atoms with E-state index in [0.29, 0.717) is 6.54 Å². The van der Waals surface area contributed by atoms with Gasteiger partial charge < -0.3 is 15.1 Å². The molecule has 1 amide bonds. The van der Waals surface area contributed by atoms with Gasteiger partial charge in [0.2, 0.25) is 5.91 Å². The highest BCUT2D eigenvalue weighted by Crippen LogP contribution is 2.28. The number of carbonyl (C=O) groups is 2. The predicted octanol–water partition coefficient (Wildman–Crippen LogP) is 0.861. The van der Waals surface area contributed by atoms with Crippen molar-refractivity contribution in [3.8, 4) is 0 Å². The SMILES string of the molecule is CC(C)(CC(=O)O)CC(=O)N1CCC[C@@H]1CO. The van der Waals surface area contributed by atoms with E-state index >= 15 is 0 Å². The predicted molar refractivity (Wildman–Crippen MR) is 62.5 cm³/mol. The smallest absolute Gasteiger partial charge is 0.303 e. The second-order valence-corrected chi connectivity index (χ2v) is 5.48. The fourth-order valence-corrected chi connectivity index (χ4v) is 2.34. The topological polar surface area (TPSA) is 77.8 Å². The number of nitrogens with zero attached hydrogens (tertiary/aromatic N) is 1. The van der Waals surface area contributed by atoms with Crippen LogP contribution in [0.15, 0.2) is 0 Å². The van der Waals surface area contributed by atoms with Crippen LogP contribution in [0.1, 0.15) is 39.5 Å². The number of hydrogen-bond acceptors (Lipinski definition) is 3. The molecule has 0 aromatic rings. The summed E-state index contributed by atoms with van der Waals surface area (Å²) in [5.74, 6) is -0.935. The van der Waals surface area contributed by atoms with Crippen LogP contribution in [0.2, 0.25) is 0 Å². The maximum absolute atomic E-state index is 12.0. The Morgan fingerprint density at radius 3 is 2.53 bits per heavy atom. The van der Waals surface area contributed by atoms with Gasteiger partial charge in [-0.3, -0.25) is 9.59 Å². The lowest BCUT2D eigenvalue weighted by Crippen LogP contribution is -2.39. The van der Waals surface area contributed by atoms with E-state index in [1.807, 2.05) is 0 Å². The average Bonchev–Trinajstić information content (AvgIpc) is 2.61. The molecule has 0 radical (unpaired) electrons. The van der Waals surface area contributed by atoms with Gasteiger partial charge in [-0.15, -0.1) is 0 Å². The zero-order valence-electron chi connectivity index (χ0n) is 10.5. The van der Waals surface area contributed by atoms with E-state index in [4.69, 9.17) is 10.2 Å². The fraction of sp³-hybridized carbons (Fsp3) is 0.833. The first-order valence-corrected chi connectivity index (χ1v) is 5.98. The van der Waals surface area contributed by atoms with Gasteiger partial charge in [0.05, 0.1) is 19.1 Å². The monoisotopic (exact) mass is 243 g/mol. The van der Waals surface area contributed by atoms with E-state index in [-0.39, 0.29) is 31.4 Å². The van der Waals surface area contributed by atoms with Gasteiger partial charge in [-0.2, -0.15) is 0 Å². The van der Waals surface area contributed by atoms with Gasteiger partial charge in [0.15, 0.2) is 0 Å². The lowest BCUT2D eigenvalue weighted by molar-refractivity contribution is -0.141. The molecule has 0 saturated carbocycles. The molecule has 1 heterocycles. The minimum Gasteiger partial charge on any atom is -0.481 e. The molecule has 2 N–H and O–H groups in total. The summed E-state index contributed by atoms with van der Waals surface area (Å²) < 4.78 is 0. The molecule has 5 nitrogen and oxygen atoms in total. The highest BCUT2D eigenvalue weighted by molar-refractivity contribution is 5.78. The van der Waals surface area contributed by atoms with Gasteiger partial charge >= 0.3 is 5.97 Å². The minimum absolute atomic E-state index is 0.00883. The molecule has 1 atom stereocenters. The van der Waals surface area contributed by atoms with Crippen molar-refractivity contribution in [2.45, 2.75) is 45.6 Å². The Morgan fingerprint density at radius 1 is 1.35 bits per heavy atom. The van der Waals surface area contributed by atoms with Crippen molar-refractivity contribution in [2.75, 3.05) is 13.2 Å². The highest BCUT2D eigenvalue weighted by atomic mass is 16.4. The molecule has 0 bridgehead atoms. The van der Waals surface area contributed by atoms with Crippen molar-refractivity contribution in [1.82, 2.24) is 4.90 Å². The number of aliphatic hydroxyl groups is 1. The van der Waals surface area contributed by atoms with Crippen molar-refractivity contribution in [1.29, 1.82) is 0 Å². The maximum Gasteiger partial charge on any atom is 0.303 e. The summed E-state index contributed by atoms with van der Waals surface area (Å²) >= 11 is 0. The Labute approximate surface area is 101 Å². The van der Waals surface area contributed by atoms with Gasteiger partial charge in [0.1, 0.15) is 0 Å². The molecule has 1 aliphatic rings. The van der Waals surface area contributed by atoms with Crippen molar-refractivity contribution < 1.29 is 19.8 Å². The normalized spacial score (nSPS) is 20.6. The van der Waals surface area contributed by atoms with E-state index in [0.717, 1.165) is 12.8 Å². The Morgan fingerprint density at radius 2 is 2.00 bits per heavy atom. The number of rotatable bonds is 5. The Bertz CT molecular complexity index is 301. The quantitative estimate of drug-likeness (QED) is 0.750. The van der Waals surface area contributed by atoms with Crippen molar-refractivity contribution in [3.63, 3.8) is 0 Å². The zero-order chi connectivity index (χ0) is 13.1. The first-order chi connectivity index (χ1) is 7.85. The number of likely N-dealkylation sites (tertiary alicyclic amines) is 1. The van der Waals surface area contributed by atoms with Crippen LogP contribution < -0.4 is 0 Å². The molecule has 5 heteroatoms. The van der Waals surface area contributed by atoms with Crippen LogP contribution in [0.3, 0.4) is 0 Å². The van der Waals surface area contributed by atoms with Gasteiger partial charge in [0, 0.05) is 13.0 Å². The second-order valence-electron chi connectivity index (χ2n) is 5.48. The van der Waals surface area contributed by atoms with Gasteiger partial charge in [-0.25, -0.2) is 0 Å². The molecule has 1 fully saturated rings. The van der Waals surface area contributed by atoms with E-state index in [1.165, 1.54) is 0 Å². The average molecular weight is 243 g/mol. The van der Waals surface area contributed by atoms with Crippen molar-refractivity contribution in [3.05, 3.63) is 0 Å². The number of hydrogen-bond donors (Lipinski definition) is 2. The van der Waals surface area contributed by atoms with E-state index in [2.05, 4.69) is 0 Å². The number of aliphatic hydroxyl groups excluding tert-OH is 1.